The number of fused-ring (bicyclic) bond motifs is 1. The van der Waals surface area contributed by atoms with Crippen LogP contribution < -0.4 is 10.5 Å². The van der Waals surface area contributed by atoms with E-state index in [9.17, 15) is 4.39 Å². The number of rotatable bonds is 4. The normalized spacial score (nSPS) is 14.6. The van der Waals surface area contributed by atoms with E-state index in [0.717, 1.165) is 42.7 Å². The van der Waals surface area contributed by atoms with Gasteiger partial charge in [0.25, 0.3) is 0 Å². The molecule has 1 aliphatic rings. The zero-order valence-electron chi connectivity index (χ0n) is 12.2. The molecule has 1 atom stereocenters. The quantitative estimate of drug-likeness (QED) is 0.929. The minimum absolute atomic E-state index is 0.0601. The molecule has 2 aromatic rings. The van der Waals surface area contributed by atoms with Gasteiger partial charge in [0.05, 0.1) is 6.61 Å². The Bertz CT molecular complexity index is 654. The first-order valence-electron chi connectivity index (χ1n) is 7.40. The maximum absolute atomic E-state index is 13.1. The fourth-order valence-corrected chi connectivity index (χ4v) is 2.93. The van der Waals surface area contributed by atoms with Crippen molar-refractivity contribution in [1.82, 2.24) is 0 Å². The summed E-state index contributed by atoms with van der Waals surface area (Å²) < 4.78 is 18.7. The third-order valence-electron chi connectivity index (χ3n) is 4.13. The SMILES string of the molecule is Cc1cc(F)ccc1C(N)CCc1ccc2c(c1)CCO2. The molecule has 2 N–H and O–H groups in total. The third-order valence-corrected chi connectivity index (χ3v) is 4.13. The number of hydrogen-bond donors (Lipinski definition) is 1. The molecule has 1 heterocycles. The topological polar surface area (TPSA) is 35.2 Å². The van der Waals surface area contributed by atoms with E-state index in [4.69, 9.17) is 10.5 Å². The molecule has 0 saturated heterocycles. The first-order chi connectivity index (χ1) is 10.1. The molecule has 2 aromatic carbocycles. The van der Waals surface area contributed by atoms with Crippen molar-refractivity contribution in [3.8, 4) is 5.75 Å². The summed E-state index contributed by atoms with van der Waals surface area (Å²) in [5.74, 6) is 0.805. The highest BCUT2D eigenvalue weighted by Crippen LogP contribution is 2.27. The van der Waals surface area contributed by atoms with Crippen LogP contribution in [-0.2, 0) is 12.8 Å². The van der Waals surface area contributed by atoms with Gasteiger partial charge >= 0.3 is 0 Å². The van der Waals surface area contributed by atoms with E-state index in [-0.39, 0.29) is 11.9 Å². The second-order valence-electron chi connectivity index (χ2n) is 5.69. The number of nitrogens with two attached hydrogens (primary N) is 1. The lowest BCUT2D eigenvalue weighted by atomic mass is 9.95. The van der Waals surface area contributed by atoms with Crippen molar-refractivity contribution in [3.05, 3.63) is 64.5 Å². The van der Waals surface area contributed by atoms with Gasteiger partial charge in [-0.15, -0.1) is 0 Å². The largest absolute Gasteiger partial charge is 0.493 e. The highest BCUT2D eigenvalue weighted by atomic mass is 19.1. The molecule has 0 saturated carbocycles. The Kier molecular flexibility index (Phi) is 3.93. The molecule has 1 unspecified atom stereocenters. The number of aryl methyl sites for hydroxylation is 2. The fourth-order valence-electron chi connectivity index (χ4n) is 2.93. The molecule has 21 heavy (non-hydrogen) atoms. The summed E-state index contributed by atoms with van der Waals surface area (Å²) in [5.41, 5.74) is 10.8. The van der Waals surface area contributed by atoms with Gasteiger partial charge in [-0.3, -0.25) is 0 Å². The summed E-state index contributed by atoms with van der Waals surface area (Å²) in [6, 6.07) is 11.1. The van der Waals surface area contributed by atoms with Crippen molar-refractivity contribution in [2.45, 2.75) is 32.2 Å². The van der Waals surface area contributed by atoms with E-state index < -0.39 is 0 Å². The van der Waals surface area contributed by atoms with Crippen molar-refractivity contribution < 1.29 is 9.13 Å². The van der Waals surface area contributed by atoms with Gasteiger partial charge in [0.15, 0.2) is 0 Å². The Hall–Kier alpha value is -1.87. The second kappa shape index (κ2) is 5.86. The molecule has 0 aliphatic carbocycles. The van der Waals surface area contributed by atoms with Crippen molar-refractivity contribution in [2.75, 3.05) is 6.61 Å². The Morgan fingerprint density at radius 2 is 2.10 bits per heavy atom. The Labute approximate surface area is 124 Å². The summed E-state index contributed by atoms with van der Waals surface area (Å²) >= 11 is 0. The van der Waals surface area contributed by atoms with Gasteiger partial charge in [-0.2, -0.15) is 0 Å². The summed E-state index contributed by atoms with van der Waals surface area (Å²) in [4.78, 5) is 0. The monoisotopic (exact) mass is 285 g/mol. The van der Waals surface area contributed by atoms with Crippen molar-refractivity contribution in [1.29, 1.82) is 0 Å². The van der Waals surface area contributed by atoms with Crippen molar-refractivity contribution >= 4 is 0 Å². The molecule has 0 amide bonds. The number of benzene rings is 2. The van der Waals surface area contributed by atoms with Gasteiger partial charge < -0.3 is 10.5 Å². The van der Waals surface area contributed by atoms with Crippen LogP contribution in [-0.4, -0.2) is 6.61 Å². The van der Waals surface area contributed by atoms with E-state index in [1.807, 2.05) is 13.0 Å². The maximum atomic E-state index is 13.1. The van der Waals surface area contributed by atoms with Crippen LogP contribution >= 0.6 is 0 Å². The van der Waals surface area contributed by atoms with Crippen molar-refractivity contribution in [3.63, 3.8) is 0 Å². The zero-order valence-corrected chi connectivity index (χ0v) is 12.2. The van der Waals surface area contributed by atoms with Crippen LogP contribution in [0.1, 0.15) is 34.7 Å². The molecular weight excluding hydrogens is 265 g/mol. The third kappa shape index (κ3) is 3.08. The van der Waals surface area contributed by atoms with Gasteiger partial charge in [0.1, 0.15) is 11.6 Å². The number of ether oxygens (including phenoxy) is 1. The lowest BCUT2D eigenvalue weighted by Gasteiger charge is -2.15. The molecule has 3 rings (SSSR count). The minimum Gasteiger partial charge on any atom is -0.493 e. The van der Waals surface area contributed by atoms with E-state index in [2.05, 4.69) is 12.1 Å². The first-order valence-corrected chi connectivity index (χ1v) is 7.40. The lowest BCUT2D eigenvalue weighted by Crippen LogP contribution is -2.13. The molecule has 0 fully saturated rings. The molecule has 110 valence electrons. The van der Waals surface area contributed by atoms with Gasteiger partial charge in [-0.05, 0) is 60.2 Å². The predicted octanol–water partition coefficient (Wildman–Crippen LogP) is 3.70. The predicted molar refractivity (Wildman–Crippen MR) is 82.0 cm³/mol. The van der Waals surface area contributed by atoms with Gasteiger partial charge in [-0.25, -0.2) is 4.39 Å². The molecular formula is C18H20FNO. The van der Waals surface area contributed by atoms with Crippen LogP contribution in [0.4, 0.5) is 4.39 Å². The second-order valence-corrected chi connectivity index (χ2v) is 5.69. The van der Waals surface area contributed by atoms with Crippen LogP contribution in [0.25, 0.3) is 0 Å². The molecule has 0 spiro atoms. The molecule has 2 nitrogen and oxygen atoms in total. The van der Waals surface area contributed by atoms with Crippen LogP contribution in [0.3, 0.4) is 0 Å². The summed E-state index contributed by atoms with van der Waals surface area (Å²) in [6.45, 7) is 2.69. The van der Waals surface area contributed by atoms with E-state index in [1.165, 1.54) is 17.2 Å². The van der Waals surface area contributed by atoms with E-state index in [0.29, 0.717) is 0 Å². The minimum atomic E-state index is -0.206. The van der Waals surface area contributed by atoms with E-state index >= 15 is 0 Å². The molecule has 0 radical (unpaired) electrons. The molecule has 0 aromatic heterocycles. The Balaban J connectivity index is 1.67. The fraction of sp³-hybridized carbons (Fsp3) is 0.333. The van der Waals surface area contributed by atoms with Crippen molar-refractivity contribution in [2.24, 2.45) is 5.73 Å². The van der Waals surface area contributed by atoms with Crippen LogP contribution in [0.5, 0.6) is 5.75 Å². The summed E-state index contributed by atoms with van der Waals surface area (Å²) in [6.07, 6.45) is 2.77. The Morgan fingerprint density at radius 1 is 1.24 bits per heavy atom. The average Bonchev–Trinajstić information content (AvgIpc) is 2.92. The summed E-state index contributed by atoms with van der Waals surface area (Å²) in [7, 11) is 0. The number of hydrogen-bond acceptors (Lipinski definition) is 2. The van der Waals surface area contributed by atoms with Gasteiger partial charge in [-0.1, -0.05) is 18.2 Å². The van der Waals surface area contributed by atoms with Crippen LogP contribution in [0, 0.1) is 12.7 Å². The van der Waals surface area contributed by atoms with Crippen LogP contribution in [0.2, 0.25) is 0 Å². The van der Waals surface area contributed by atoms with Crippen LogP contribution in [0.15, 0.2) is 36.4 Å². The summed E-state index contributed by atoms with van der Waals surface area (Å²) in [5, 5.41) is 0. The molecule has 0 bridgehead atoms. The maximum Gasteiger partial charge on any atom is 0.123 e. The van der Waals surface area contributed by atoms with E-state index in [1.54, 1.807) is 12.1 Å². The molecule has 3 heteroatoms. The standard InChI is InChI=1S/C18H20FNO/c1-12-10-15(19)4-5-16(12)17(20)6-2-13-3-7-18-14(11-13)8-9-21-18/h3-5,7,10-11,17H,2,6,8-9,20H2,1H3. The average molecular weight is 285 g/mol. The first kappa shape index (κ1) is 14.1. The molecule has 1 aliphatic heterocycles. The smallest absolute Gasteiger partial charge is 0.123 e. The highest BCUT2D eigenvalue weighted by Gasteiger charge is 2.13. The zero-order chi connectivity index (χ0) is 14.8. The Morgan fingerprint density at radius 3 is 2.90 bits per heavy atom. The highest BCUT2D eigenvalue weighted by molar-refractivity contribution is 5.40. The lowest BCUT2D eigenvalue weighted by molar-refractivity contribution is 0.357. The number of halogens is 1. The van der Waals surface area contributed by atoms with Gasteiger partial charge in [0, 0.05) is 12.5 Å². The van der Waals surface area contributed by atoms with Gasteiger partial charge in [0.2, 0.25) is 0 Å².